The van der Waals surface area contributed by atoms with Crippen molar-refractivity contribution in [1.29, 1.82) is 0 Å². The lowest BCUT2D eigenvalue weighted by molar-refractivity contribution is 0.0779. The van der Waals surface area contributed by atoms with Crippen LogP contribution in [0.15, 0.2) is 4.52 Å². The first kappa shape index (κ1) is 13.7. The number of aromatic amines is 1. The van der Waals surface area contributed by atoms with E-state index in [1.54, 1.807) is 11.9 Å². The number of carbonyl (C=O) groups is 1. The Morgan fingerprint density at radius 2 is 2.19 bits per heavy atom. The maximum absolute atomic E-state index is 12.5. The molecule has 7 heteroatoms. The molecule has 1 amide bonds. The minimum Gasteiger partial charge on any atom is -0.395 e. The van der Waals surface area contributed by atoms with Crippen LogP contribution in [0.25, 0.3) is 0 Å². The predicted octanol–water partition coefficient (Wildman–Crippen LogP) is 1.75. The summed E-state index contributed by atoms with van der Waals surface area (Å²) in [7, 11) is 1.72. The quantitative estimate of drug-likeness (QED) is 0.892. The topological polar surface area (TPSA) is 101 Å². The van der Waals surface area contributed by atoms with E-state index < -0.39 is 0 Å². The summed E-state index contributed by atoms with van der Waals surface area (Å²) in [6.07, 6.45) is 2.21. The number of carbonyl (C=O) groups excluding carboxylic acids is 1. The summed E-state index contributed by atoms with van der Waals surface area (Å²) in [6, 6.07) is 0. The van der Waals surface area contributed by atoms with Crippen molar-refractivity contribution in [3.63, 3.8) is 0 Å². The molecular formula is C14H19N5O2. The van der Waals surface area contributed by atoms with Crippen LogP contribution in [0.5, 0.6) is 0 Å². The van der Waals surface area contributed by atoms with Gasteiger partial charge in [-0.2, -0.15) is 5.10 Å². The van der Waals surface area contributed by atoms with E-state index in [4.69, 9.17) is 10.3 Å². The summed E-state index contributed by atoms with van der Waals surface area (Å²) in [5, 5.41) is 10.9. The van der Waals surface area contributed by atoms with E-state index in [-0.39, 0.29) is 5.91 Å². The van der Waals surface area contributed by atoms with E-state index >= 15 is 0 Å². The molecule has 0 radical (unpaired) electrons. The number of anilines is 1. The predicted molar refractivity (Wildman–Crippen MR) is 76.7 cm³/mol. The fraction of sp³-hybridized carbons (Fsp3) is 0.500. The molecular weight excluding hydrogens is 270 g/mol. The third-order valence-electron chi connectivity index (χ3n) is 3.94. The Balaban J connectivity index is 1.78. The molecule has 0 bridgehead atoms. The van der Waals surface area contributed by atoms with E-state index in [0.29, 0.717) is 23.8 Å². The van der Waals surface area contributed by atoms with Crippen LogP contribution in [-0.4, -0.2) is 33.2 Å². The number of amides is 1. The van der Waals surface area contributed by atoms with Crippen molar-refractivity contribution in [2.45, 2.75) is 39.2 Å². The molecule has 112 valence electrons. The van der Waals surface area contributed by atoms with Gasteiger partial charge < -0.3 is 15.2 Å². The minimum absolute atomic E-state index is 0.198. The fourth-order valence-electron chi connectivity index (χ4n) is 2.43. The number of rotatable bonds is 4. The zero-order valence-corrected chi connectivity index (χ0v) is 12.4. The lowest BCUT2D eigenvalue weighted by atomic mass is 10.1. The number of hydrogen-bond donors (Lipinski definition) is 2. The second kappa shape index (κ2) is 4.91. The average molecular weight is 289 g/mol. The Morgan fingerprint density at radius 1 is 1.48 bits per heavy atom. The molecule has 2 heterocycles. The first-order chi connectivity index (χ1) is 9.99. The molecule has 7 nitrogen and oxygen atoms in total. The largest absolute Gasteiger partial charge is 0.395 e. The van der Waals surface area contributed by atoms with E-state index in [1.165, 1.54) is 0 Å². The number of nitrogens with one attached hydrogen (secondary N) is 1. The first-order valence-corrected chi connectivity index (χ1v) is 7.00. The number of H-pyrrole nitrogens is 1. The summed E-state index contributed by atoms with van der Waals surface area (Å²) in [5.74, 6) is 0.961. The highest BCUT2D eigenvalue weighted by molar-refractivity contribution is 5.97. The van der Waals surface area contributed by atoms with Crippen molar-refractivity contribution in [3.05, 3.63) is 28.4 Å². The summed E-state index contributed by atoms with van der Waals surface area (Å²) >= 11 is 0. The van der Waals surface area contributed by atoms with Gasteiger partial charge in [-0.1, -0.05) is 5.16 Å². The van der Waals surface area contributed by atoms with Crippen molar-refractivity contribution in [1.82, 2.24) is 20.3 Å². The molecule has 0 unspecified atom stereocenters. The monoisotopic (exact) mass is 289 g/mol. The number of aromatic nitrogens is 3. The Labute approximate surface area is 122 Å². The van der Waals surface area contributed by atoms with E-state index in [1.807, 2.05) is 13.8 Å². The minimum atomic E-state index is -0.198. The molecule has 0 aliphatic heterocycles. The van der Waals surface area contributed by atoms with Crippen LogP contribution in [0.3, 0.4) is 0 Å². The Bertz CT molecular complexity index is 664. The van der Waals surface area contributed by atoms with Crippen molar-refractivity contribution < 1.29 is 9.32 Å². The van der Waals surface area contributed by atoms with E-state index in [2.05, 4.69) is 15.4 Å². The average Bonchev–Trinajstić information content (AvgIpc) is 3.16. The van der Waals surface area contributed by atoms with Gasteiger partial charge in [0, 0.05) is 18.5 Å². The summed E-state index contributed by atoms with van der Waals surface area (Å²) in [4.78, 5) is 14.1. The molecule has 1 fully saturated rings. The molecule has 0 aromatic carbocycles. The van der Waals surface area contributed by atoms with Crippen LogP contribution in [-0.2, 0) is 6.54 Å². The van der Waals surface area contributed by atoms with Gasteiger partial charge in [0.15, 0.2) is 5.69 Å². The van der Waals surface area contributed by atoms with Gasteiger partial charge in [-0.25, -0.2) is 0 Å². The molecule has 0 atom stereocenters. The van der Waals surface area contributed by atoms with Gasteiger partial charge in [-0.05, 0) is 26.7 Å². The smallest absolute Gasteiger partial charge is 0.276 e. The molecule has 3 rings (SSSR count). The zero-order valence-electron chi connectivity index (χ0n) is 12.4. The highest BCUT2D eigenvalue weighted by atomic mass is 16.5. The molecule has 1 aliphatic rings. The Kier molecular flexibility index (Phi) is 3.19. The maximum atomic E-state index is 12.5. The van der Waals surface area contributed by atoms with Gasteiger partial charge in [0.05, 0.1) is 23.6 Å². The van der Waals surface area contributed by atoms with Crippen LogP contribution >= 0.6 is 0 Å². The van der Waals surface area contributed by atoms with Crippen LogP contribution in [0.4, 0.5) is 5.69 Å². The van der Waals surface area contributed by atoms with E-state index in [0.717, 1.165) is 35.6 Å². The summed E-state index contributed by atoms with van der Waals surface area (Å²) in [6.45, 7) is 4.12. The maximum Gasteiger partial charge on any atom is 0.276 e. The van der Waals surface area contributed by atoms with Crippen molar-refractivity contribution in [2.24, 2.45) is 0 Å². The van der Waals surface area contributed by atoms with Gasteiger partial charge in [-0.3, -0.25) is 9.89 Å². The van der Waals surface area contributed by atoms with Crippen LogP contribution in [0.2, 0.25) is 0 Å². The SMILES string of the molecule is Cc1noc(C)c1CN(C)C(=O)c1n[nH]c(C2CC2)c1N. The normalized spacial score (nSPS) is 14.4. The lowest BCUT2D eigenvalue weighted by Gasteiger charge is -2.16. The van der Waals surface area contributed by atoms with Gasteiger partial charge in [0.1, 0.15) is 5.76 Å². The molecule has 1 saturated carbocycles. The number of nitrogens with zero attached hydrogens (tertiary/aromatic N) is 3. The third kappa shape index (κ3) is 2.39. The molecule has 2 aromatic heterocycles. The zero-order chi connectivity index (χ0) is 15.1. The molecule has 21 heavy (non-hydrogen) atoms. The van der Waals surface area contributed by atoms with E-state index in [9.17, 15) is 4.79 Å². The number of nitrogens with two attached hydrogens (primary N) is 1. The number of hydrogen-bond acceptors (Lipinski definition) is 5. The first-order valence-electron chi connectivity index (χ1n) is 7.00. The second-order valence-electron chi connectivity index (χ2n) is 5.64. The van der Waals surface area contributed by atoms with Crippen molar-refractivity contribution in [2.75, 3.05) is 12.8 Å². The lowest BCUT2D eigenvalue weighted by Crippen LogP contribution is -2.27. The molecule has 0 spiro atoms. The van der Waals surface area contributed by atoms with Gasteiger partial charge in [0.25, 0.3) is 5.91 Å². The van der Waals surface area contributed by atoms with Crippen LogP contribution in [0.1, 0.15) is 52.0 Å². The number of aryl methyl sites for hydroxylation is 2. The molecule has 0 saturated heterocycles. The molecule has 3 N–H and O–H groups in total. The molecule has 2 aromatic rings. The van der Waals surface area contributed by atoms with Gasteiger partial charge in [-0.15, -0.1) is 0 Å². The fourth-order valence-corrected chi connectivity index (χ4v) is 2.43. The van der Waals surface area contributed by atoms with Gasteiger partial charge >= 0.3 is 0 Å². The summed E-state index contributed by atoms with van der Waals surface area (Å²) in [5.41, 5.74) is 9.43. The second-order valence-corrected chi connectivity index (χ2v) is 5.64. The standard InChI is InChI=1S/C14H19N5O2/c1-7-10(8(2)21-18-7)6-19(3)14(20)13-11(15)12(16-17-13)9-4-5-9/h9H,4-6,15H2,1-3H3,(H,16,17). The number of nitrogen functional groups attached to an aromatic ring is 1. The summed E-state index contributed by atoms with van der Waals surface area (Å²) < 4.78 is 5.11. The van der Waals surface area contributed by atoms with Gasteiger partial charge in [0.2, 0.25) is 0 Å². The Morgan fingerprint density at radius 3 is 2.76 bits per heavy atom. The van der Waals surface area contributed by atoms with Crippen LogP contribution in [0, 0.1) is 13.8 Å². The third-order valence-corrected chi connectivity index (χ3v) is 3.94. The van der Waals surface area contributed by atoms with Crippen molar-refractivity contribution in [3.8, 4) is 0 Å². The molecule has 1 aliphatic carbocycles. The highest BCUT2D eigenvalue weighted by Crippen LogP contribution is 2.42. The Hall–Kier alpha value is -2.31. The van der Waals surface area contributed by atoms with Crippen LogP contribution < -0.4 is 5.73 Å². The highest BCUT2D eigenvalue weighted by Gasteiger charge is 2.31. The van der Waals surface area contributed by atoms with Crippen molar-refractivity contribution >= 4 is 11.6 Å².